The fourth-order valence-corrected chi connectivity index (χ4v) is 4.68. The molecule has 0 radical (unpaired) electrons. The normalized spacial score (nSPS) is 14.7. The molecule has 0 bridgehead atoms. The van der Waals surface area contributed by atoms with Gasteiger partial charge in [0.2, 0.25) is 0 Å². The average Bonchev–Trinajstić information content (AvgIpc) is 3.22. The van der Waals surface area contributed by atoms with Crippen LogP contribution in [0, 0.1) is 11.6 Å². The SMILES string of the molecule is CCC(Nc1ccc(F)cc1)(Nc1ccc(F)cc1)N1CC=C(n2c(=O)[nH]c3ccccc32)CC1. The van der Waals surface area contributed by atoms with Crippen LogP contribution in [0.5, 0.6) is 0 Å². The molecule has 3 aromatic carbocycles. The van der Waals surface area contributed by atoms with Gasteiger partial charge in [0.1, 0.15) is 11.6 Å². The number of aromatic amines is 1. The van der Waals surface area contributed by atoms with Crippen LogP contribution >= 0.6 is 0 Å². The summed E-state index contributed by atoms with van der Waals surface area (Å²) >= 11 is 0. The molecule has 0 spiro atoms. The van der Waals surface area contributed by atoms with Crippen LogP contribution in [0.4, 0.5) is 20.2 Å². The van der Waals surface area contributed by atoms with Crippen LogP contribution in [-0.4, -0.2) is 33.3 Å². The lowest BCUT2D eigenvalue weighted by Gasteiger charge is -2.46. The summed E-state index contributed by atoms with van der Waals surface area (Å²) in [7, 11) is 0. The van der Waals surface area contributed by atoms with Crippen LogP contribution in [0.2, 0.25) is 0 Å². The largest absolute Gasteiger partial charge is 0.350 e. The Bertz CT molecular complexity index is 1360. The van der Waals surface area contributed by atoms with E-state index in [1.807, 2.05) is 24.3 Å². The quantitative estimate of drug-likeness (QED) is 0.311. The smallest absolute Gasteiger partial charge is 0.330 e. The summed E-state index contributed by atoms with van der Waals surface area (Å²) < 4.78 is 28.8. The van der Waals surface area contributed by atoms with Crippen LogP contribution in [0.1, 0.15) is 19.8 Å². The molecule has 0 unspecified atom stereocenters. The molecule has 1 aliphatic rings. The Morgan fingerprint density at radius 1 is 0.914 bits per heavy atom. The average molecular weight is 476 g/mol. The Morgan fingerprint density at radius 2 is 1.51 bits per heavy atom. The second kappa shape index (κ2) is 9.38. The number of benzene rings is 3. The number of nitrogens with one attached hydrogen (secondary N) is 3. The van der Waals surface area contributed by atoms with Crippen molar-refractivity contribution >= 4 is 28.1 Å². The monoisotopic (exact) mass is 475 g/mol. The number of hydrogen-bond acceptors (Lipinski definition) is 4. The van der Waals surface area contributed by atoms with Gasteiger partial charge in [-0.2, -0.15) is 0 Å². The van der Waals surface area contributed by atoms with Gasteiger partial charge in [-0.1, -0.05) is 25.1 Å². The van der Waals surface area contributed by atoms with Crippen LogP contribution < -0.4 is 16.3 Å². The van der Waals surface area contributed by atoms with Crippen molar-refractivity contribution in [1.29, 1.82) is 0 Å². The molecule has 1 aliphatic heterocycles. The van der Waals surface area contributed by atoms with Gasteiger partial charge in [-0.3, -0.25) is 9.47 Å². The number of para-hydroxylation sites is 2. The lowest BCUT2D eigenvalue weighted by Crippen LogP contribution is -2.61. The van der Waals surface area contributed by atoms with E-state index < -0.39 is 5.79 Å². The van der Waals surface area contributed by atoms with Gasteiger partial charge in [0.15, 0.2) is 5.79 Å². The van der Waals surface area contributed by atoms with E-state index in [4.69, 9.17) is 0 Å². The molecule has 0 saturated carbocycles. The van der Waals surface area contributed by atoms with E-state index >= 15 is 0 Å². The third-order valence-corrected chi connectivity index (χ3v) is 6.50. The van der Waals surface area contributed by atoms with Gasteiger partial charge in [-0.25, -0.2) is 13.6 Å². The molecule has 0 atom stereocenters. The van der Waals surface area contributed by atoms with Crippen molar-refractivity contribution in [2.24, 2.45) is 0 Å². The highest BCUT2D eigenvalue weighted by atomic mass is 19.1. The van der Waals surface area contributed by atoms with Gasteiger partial charge in [0.25, 0.3) is 0 Å². The molecular weight excluding hydrogens is 448 g/mol. The van der Waals surface area contributed by atoms with Crippen molar-refractivity contribution in [3.05, 3.63) is 101 Å². The summed E-state index contributed by atoms with van der Waals surface area (Å²) in [6, 6.07) is 20.1. The van der Waals surface area contributed by atoms with E-state index in [0.29, 0.717) is 25.9 Å². The number of halogens is 2. The molecule has 2 heterocycles. The molecule has 0 saturated heterocycles. The predicted octanol–water partition coefficient (Wildman–Crippen LogP) is 5.44. The number of aromatic nitrogens is 2. The summed E-state index contributed by atoms with van der Waals surface area (Å²) in [5.41, 5.74) is 3.96. The van der Waals surface area contributed by atoms with Crippen LogP contribution in [0.3, 0.4) is 0 Å². The third kappa shape index (κ3) is 4.57. The summed E-state index contributed by atoms with van der Waals surface area (Å²) in [4.78, 5) is 17.8. The topological polar surface area (TPSA) is 65.1 Å². The van der Waals surface area contributed by atoms with Crippen LogP contribution in [0.15, 0.2) is 83.7 Å². The first kappa shape index (κ1) is 22.9. The summed E-state index contributed by atoms with van der Waals surface area (Å²) in [6.45, 7) is 3.28. The first-order valence-corrected chi connectivity index (χ1v) is 11.7. The molecule has 0 aliphatic carbocycles. The maximum atomic E-state index is 13.5. The molecular formula is C27H27F2N5O. The maximum absolute atomic E-state index is 13.5. The zero-order valence-electron chi connectivity index (χ0n) is 19.4. The lowest BCUT2D eigenvalue weighted by atomic mass is 10.1. The minimum Gasteiger partial charge on any atom is -0.350 e. The molecule has 1 aromatic heterocycles. The molecule has 4 aromatic rings. The molecule has 0 fully saturated rings. The number of rotatable bonds is 7. The Labute approximate surface area is 201 Å². The molecule has 5 rings (SSSR count). The zero-order valence-corrected chi connectivity index (χ0v) is 19.4. The van der Waals surface area contributed by atoms with Crippen molar-refractivity contribution in [3.63, 3.8) is 0 Å². The van der Waals surface area contributed by atoms with Gasteiger partial charge in [0, 0.05) is 43.0 Å². The molecule has 0 amide bonds. The standard InChI is InChI=1S/C27H27F2N5O/c1-2-27(31-21-11-7-19(28)8-12-21,32-22-13-9-20(29)10-14-22)33-17-15-23(16-18-33)34-25-6-4-3-5-24(25)30-26(34)35/h3-15,31-32H,2,16-18H2,1H3,(H,30,35). The van der Waals surface area contributed by atoms with Gasteiger partial charge >= 0.3 is 5.69 Å². The van der Waals surface area contributed by atoms with Gasteiger partial charge in [-0.05, 0) is 60.7 Å². The summed E-state index contributed by atoms with van der Waals surface area (Å²) in [6.07, 6.45) is 3.37. The highest BCUT2D eigenvalue weighted by Gasteiger charge is 2.36. The molecule has 35 heavy (non-hydrogen) atoms. The third-order valence-electron chi connectivity index (χ3n) is 6.50. The Morgan fingerprint density at radius 3 is 2.06 bits per heavy atom. The highest BCUT2D eigenvalue weighted by Crippen LogP contribution is 2.30. The Kier molecular flexibility index (Phi) is 6.13. The number of imidazole rings is 1. The highest BCUT2D eigenvalue weighted by molar-refractivity contribution is 5.79. The first-order chi connectivity index (χ1) is 17.0. The van der Waals surface area contributed by atoms with Crippen LogP contribution in [0.25, 0.3) is 16.7 Å². The van der Waals surface area contributed by atoms with Gasteiger partial charge in [-0.15, -0.1) is 0 Å². The fraction of sp³-hybridized carbons (Fsp3) is 0.222. The fourth-order valence-electron chi connectivity index (χ4n) is 4.68. The van der Waals surface area contributed by atoms with E-state index in [0.717, 1.165) is 28.1 Å². The van der Waals surface area contributed by atoms with Crippen molar-refractivity contribution in [1.82, 2.24) is 14.5 Å². The summed E-state index contributed by atoms with van der Waals surface area (Å²) in [5.74, 6) is -1.35. The van der Waals surface area contributed by atoms with Crippen molar-refractivity contribution in [3.8, 4) is 0 Å². The zero-order chi connectivity index (χ0) is 24.4. The van der Waals surface area contributed by atoms with E-state index in [1.54, 1.807) is 28.8 Å². The first-order valence-electron chi connectivity index (χ1n) is 11.7. The van der Waals surface area contributed by atoms with Gasteiger partial charge < -0.3 is 15.6 Å². The Balaban J connectivity index is 1.48. The van der Waals surface area contributed by atoms with Crippen LogP contribution in [-0.2, 0) is 0 Å². The number of anilines is 2. The number of hydrogen-bond donors (Lipinski definition) is 3. The Hall–Kier alpha value is -3.91. The van der Waals surface area contributed by atoms with E-state index in [1.165, 1.54) is 24.3 Å². The molecule has 3 N–H and O–H groups in total. The van der Waals surface area contributed by atoms with E-state index in [-0.39, 0.29) is 17.3 Å². The summed E-state index contributed by atoms with van der Waals surface area (Å²) in [5, 5.41) is 7.09. The van der Waals surface area contributed by atoms with E-state index in [2.05, 4.69) is 33.5 Å². The van der Waals surface area contributed by atoms with E-state index in [9.17, 15) is 13.6 Å². The van der Waals surface area contributed by atoms with Gasteiger partial charge in [0.05, 0.1) is 11.0 Å². The second-order valence-corrected chi connectivity index (χ2v) is 8.65. The predicted molar refractivity (Wildman–Crippen MR) is 136 cm³/mol. The second-order valence-electron chi connectivity index (χ2n) is 8.65. The van der Waals surface area contributed by atoms with Crippen molar-refractivity contribution in [2.75, 3.05) is 23.7 Å². The lowest BCUT2D eigenvalue weighted by molar-refractivity contribution is 0.146. The molecule has 8 heteroatoms. The number of nitrogens with zero attached hydrogens (tertiary/aromatic N) is 2. The number of H-pyrrole nitrogens is 1. The minimum atomic E-state index is -0.733. The van der Waals surface area contributed by atoms with Crippen molar-refractivity contribution in [2.45, 2.75) is 25.6 Å². The minimum absolute atomic E-state index is 0.151. The van der Waals surface area contributed by atoms with Crippen molar-refractivity contribution < 1.29 is 8.78 Å². The molecule has 6 nitrogen and oxygen atoms in total. The molecule has 180 valence electrons. The number of fused-ring (bicyclic) bond motifs is 1. The maximum Gasteiger partial charge on any atom is 0.330 e.